The Morgan fingerprint density at radius 1 is 1.50 bits per heavy atom. The van der Waals surface area contributed by atoms with E-state index in [1.165, 1.54) is 12.1 Å². The van der Waals surface area contributed by atoms with Gasteiger partial charge in [0, 0.05) is 6.54 Å². The molecule has 2 N–H and O–H groups in total. The zero-order valence-electron chi connectivity index (χ0n) is 7.80. The molecule has 1 saturated heterocycles. The van der Waals surface area contributed by atoms with E-state index in [2.05, 4.69) is 10.6 Å². The van der Waals surface area contributed by atoms with Crippen LogP contribution in [0.2, 0.25) is 0 Å². The van der Waals surface area contributed by atoms with E-state index in [0.717, 1.165) is 11.1 Å². The van der Waals surface area contributed by atoms with E-state index in [1.807, 2.05) is 6.92 Å². The third-order valence-corrected chi connectivity index (χ3v) is 2.39. The number of aryl methyl sites for hydroxylation is 1. The predicted octanol–water partition coefficient (Wildman–Crippen LogP) is 1.49. The van der Waals surface area contributed by atoms with Gasteiger partial charge in [-0.05, 0) is 30.2 Å². The van der Waals surface area contributed by atoms with Crippen molar-refractivity contribution in [3.8, 4) is 0 Å². The van der Waals surface area contributed by atoms with Gasteiger partial charge in [0.15, 0.2) is 0 Å². The van der Waals surface area contributed by atoms with Crippen LogP contribution in [0.1, 0.15) is 17.2 Å². The number of nitrogens with one attached hydrogen (secondary N) is 2. The van der Waals surface area contributed by atoms with E-state index in [0.29, 0.717) is 6.54 Å². The van der Waals surface area contributed by atoms with Crippen LogP contribution in [0.5, 0.6) is 0 Å². The summed E-state index contributed by atoms with van der Waals surface area (Å²) in [5.74, 6) is -0.272. The minimum atomic E-state index is -0.272. The first-order valence-corrected chi connectivity index (χ1v) is 4.47. The molecule has 1 aliphatic rings. The molecule has 1 heterocycles. The lowest BCUT2D eigenvalue weighted by Crippen LogP contribution is -2.22. The van der Waals surface area contributed by atoms with Gasteiger partial charge in [-0.2, -0.15) is 0 Å². The summed E-state index contributed by atoms with van der Waals surface area (Å²) in [5.41, 5.74) is 1.82. The standard InChI is InChI=1S/C10H11FN2O/c1-6-2-3-7(11)4-8(6)9-5-12-10(14)13-9/h2-4,9H,5H2,1H3,(H2,12,13,14)/t9-/m0/s1. The van der Waals surface area contributed by atoms with Gasteiger partial charge in [0.25, 0.3) is 0 Å². The Bertz CT molecular complexity index is 378. The summed E-state index contributed by atoms with van der Waals surface area (Å²) in [6.07, 6.45) is 0. The van der Waals surface area contributed by atoms with Crippen molar-refractivity contribution in [3.05, 3.63) is 35.1 Å². The van der Waals surface area contributed by atoms with Crippen molar-refractivity contribution in [3.63, 3.8) is 0 Å². The molecule has 0 radical (unpaired) electrons. The first-order chi connectivity index (χ1) is 6.66. The zero-order valence-corrected chi connectivity index (χ0v) is 7.80. The first-order valence-electron chi connectivity index (χ1n) is 4.47. The molecule has 0 aromatic heterocycles. The number of urea groups is 1. The van der Waals surface area contributed by atoms with E-state index in [-0.39, 0.29) is 17.9 Å². The molecule has 0 aliphatic carbocycles. The Labute approximate surface area is 81.3 Å². The molecule has 1 aliphatic heterocycles. The summed E-state index contributed by atoms with van der Waals surface area (Å²) in [4.78, 5) is 10.9. The lowest BCUT2D eigenvalue weighted by atomic mass is 10.0. The fourth-order valence-electron chi connectivity index (χ4n) is 1.63. The van der Waals surface area contributed by atoms with Crippen molar-refractivity contribution >= 4 is 6.03 Å². The average Bonchev–Trinajstić information content (AvgIpc) is 2.56. The second kappa shape index (κ2) is 3.29. The number of halogens is 1. The van der Waals surface area contributed by atoms with Crippen LogP contribution in [-0.4, -0.2) is 12.6 Å². The number of benzene rings is 1. The highest BCUT2D eigenvalue weighted by Gasteiger charge is 2.22. The Kier molecular flexibility index (Phi) is 2.11. The SMILES string of the molecule is Cc1ccc(F)cc1[C@@H]1CNC(=O)N1. The van der Waals surface area contributed by atoms with Crippen LogP contribution in [-0.2, 0) is 0 Å². The Balaban J connectivity index is 2.31. The van der Waals surface area contributed by atoms with Crippen LogP contribution in [0.4, 0.5) is 9.18 Å². The number of rotatable bonds is 1. The highest BCUT2D eigenvalue weighted by atomic mass is 19.1. The molecule has 1 aromatic rings. The van der Waals surface area contributed by atoms with Crippen LogP contribution in [0.15, 0.2) is 18.2 Å². The van der Waals surface area contributed by atoms with Gasteiger partial charge in [-0.15, -0.1) is 0 Å². The largest absolute Gasteiger partial charge is 0.336 e. The molecule has 1 atom stereocenters. The van der Waals surface area contributed by atoms with Gasteiger partial charge >= 0.3 is 6.03 Å². The molecule has 0 saturated carbocycles. The van der Waals surface area contributed by atoms with E-state index < -0.39 is 0 Å². The van der Waals surface area contributed by atoms with Gasteiger partial charge in [0.05, 0.1) is 6.04 Å². The smallest absolute Gasteiger partial charge is 0.315 e. The van der Waals surface area contributed by atoms with Crippen molar-refractivity contribution in [2.75, 3.05) is 6.54 Å². The maximum atomic E-state index is 13.0. The molecule has 0 unspecified atom stereocenters. The summed E-state index contributed by atoms with van der Waals surface area (Å²) >= 11 is 0. The summed E-state index contributed by atoms with van der Waals surface area (Å²) in [7, 11) is 0. The van der Waals surface area contributed by atoms with Crippen LogP contribution in [0.25, 0.3) is 0 Å². The summed E-state index contributed by atoms with van der Waals surface area (Å²) < 4.78 is 13.0. The highest BCUT2D eigenvalue weighted by molar-refractivity contribution is 5.77. The second-order valence-corrected chi connectivity index (χ2v) is 3.41. The molecule has 0 spiro atoms. The molecule has 4 heteroatoms. The van der Waals surface area contributed by atoms with Crippen molar-refractivity contribution in [2.45, 2.75) is 13.0 Å². The van der Waals surface area contributed by atoms with Gasteiger partial charge in [0.2, 0.25) is 0 Å². The predicted molar refractivity (Wildman–Crippen MR) is 50.4 cm³/mol. The number of carbonyl (C=O) groups excluding carboxylic acids is 1. The van der Waals surface area contributed by atoms with E-state index in [9.17, 15) is 9.18 Å². The average molecular weight is 194 g/mol. The van der Waals surface area contributed by atoms with Crippen LogP contribution in [0, 0.1) is 12.7 Å². The van der Waals surface area contributed by atoms with Crippen molar-refractivity contribution in [2.24, 2.45) is 0 Å². The molecular weight excluding hydrogens is 183 g/mol. The second-order valence-electron chi connectivity index (χ2n) is 3.41. The van der Waals surface area contributed by atoms with E-state index in [4.69, 9.17) is 0 Å². The number of hydrogen-bond donors (Lipinski definition) is 2. The molecular formula is C10H11FN2O. The van der Waals surface area contributed by atoms with Gasteiger partial charge in [0.1, 0.15) is 5.82 Å². The Morgan fingerprint density at radius 2 is 2.29 bits per heavy atom. The van der Waals surface area contributed by atoms with Gasteiger partial charge in [-0.25, -0.2) is 9.18 Å². The van der Waals surface area contributed by atoms with Crippen LogP contribution < -0.4 is 10.6 Å². The minimum Gasteiger partial charge on any atom is -0.336 e. The molecule has 1 fully saturated rings. The Morgan fingerprint density at radius 3 is 2.93 bits per heavy atom. The highest BCUT2D eigenvalue weighted by Crippen LogP contribution is 2.20. The van der Waals surface area contributed by atoms with E-state index >= 15 is 0 Å². The van der Waals surface area contributed by atoms with Gasteiger partial charge < -0.3 is 10.6 Å². The number of amides is 2. The molecule has 3 nitrogen and oxygen atoms in total. The van der Waals surface area contributed by atoms with Gasteiger partial charge in [-0.1, -0.05) is 6.07 Å². The summed E-state index contributed by atoms with van der Waals surface area (Å²) in [6.45, 7) is 2.42. The fraction of sp³-hybridized carbons (Fsp3) is 0.300. The Hall–Kier alpha value is -1.58. The van der Waals surface area contributed by atoms with Crippen LogP contribution in [0.3, 0.4) is 0 Å². The molecule has 0 bridgehead atoms. The quantitative estimate of drug-likeness (QED) is 0.698. The molecule has 14 heavy (non-hydrogen) atoms. The molecule has 1 aromatic carbocycles. The monoisotopic (exact) mass is 194 g/mol. The minimum absolute atomic E-state index is 0.113. The van der Waals surface area contributed by atoms with Gasteiger partial charge in [-0.3, -0.25) is 0 Å². The maximum absolute atomic E-state index is 13.0. The number of carbonyl (C=O) groups is 1. The lowest BCUT2D eigenvalue weighted by Gasteiger charge is -2.11. The number of hydrogen-bond acceptors (Lipinski definition) is 1. The van der Waals surface area contributed by atoms with Crippen LogP contribution >= 0.6 is 0 Å². The summed E-state index contributed by atoms with van der Waals surface area (Å²) in [6, 6.07) is 4.29. The molecule has 2 rings (SSSR count). The topological polar surface area (TPSA) is 41.1 Å². The fourth-order valence-corrected chi connectivity index (χ4v) is 1.63. The molecule has 2 amide bonds. The maximum Gasteiger partial charge on any atom is 0.315 e. The third-order valence-electron chi connectivity index (χ3n) is 2.39. The lowest BCUT2D eigenvalue weighted by molar-refractivity contribution is 0.247. The van der Waals surface area contributed by atoms with E-state index in [1.54, 1.807) is 6.07 Å². The van der Waals surface area contributed by atoms with Crippen molar-refractivity contribution in [1.82, 2.24) is 10.6 Å². The zero-order chi connectivity index (χ0) is 10.1. The third kappa shape index (κ3) is 1.55. The van der Waals surface area contributed by atoms with Crippen molar-refractivity contribution in [1.29, 1.82) is 0 Å². The van der Waals surface area contributed by atoms with Crippen molar-refractivity contribution < 1.29 is 9.18 Å². The first kappa shape index (κ1) is 8.99. The summed E-state index contributed by atoms with van der Waals surface area (Å²) in [5, 5.41) is 5.36. The normalized spacial score (nSPS) is 20.4. The molecule has 74 valence electrons.